The van der Waals surface area contributed by atoms with Gasteiger partial charge < -0.3 is 40.9 Å². The van der Waals surface area contributed by atoms with Crippen molar-refractivity contribution in [2.75, 3.05) is 24.7 Å². The highest BCUT2D eigenvalue weighted by atomic mass is 31.2. The molecule has 3 saturated heterocycles. The zero-order valence-corrected chi connectivity index (χ0v) is 24.2. The molecule has 2 unspecified atom stereocenters. The number of nitrogens with one attached hydrogen (secondary N) is 1. The number of ether oxygens (including phenoxy) is 2. The molecule has 0 spiro atoms. The lowest BCUT2D eigenvalue weighted by Gasteiger charge is -2.26. The van der Waals surface area contributed by atoms with Gasteiger partial charge in [0.05, 0.1) is 37.5 Å². The molecule has 7 heterocycles. The standard InChI is InChI=1S/C20H24N10O13P2/c21-19-26-16-10(17(33)27-19)23-5-29(16)18-15-11(31)8(41-18)3-38-44(34,35)42-14-9(4-39-45(36,37)43-15)40-13(12(14)32)6-1-25-30-7(6)2-24-28-20(30)22/h1-2,5,8-9,11-15,18,31-32H,3-4H2,(H2,22,28)(H,34,35)(H,36,37)(H3,21,26,27,33)/t8-,9-,11-,12+,13+,14-,15-,18-/m1/s1. The maximum Gasteiger partial charge on any atom is 0.472 e. The van der Waals surface area contributed by atoms with E-state index in [0.717, 1.165) is 10.9 Å². The number of imidazole rings is 1. The Morgan fingerprint density at radius 3 is 2.44 bits per heavy atom. The molecule has 0 aliphatic carbocycles. The summed E-state index contributed by atoms with van der Waals surface area (Å²) in [5.41, 5.74) is 10.9. The molecule has 4 aromatic heterocycles. The molecule has 45 heavy (non-hydrogen) atoms. The van der Waals surface area contributed by atoms with Crippen molar-refractivity contribution in [3.05, 3.63) is 34.6 Å². The Labute approximate surface area is 248 Å². The predicted molar refractivity (Wildman–Crippen MR) is 143 cm³/mol. The number of aromatic amines is 1. The van der Waals surface area contributed by atoms with Gasteiger partial charge in [-0.05, 0) is 0 Å². The van der Waals surface area contributed by atoms with E-state index in [2.05, 4.69) is 30.2 Å². The van der Waals surface area contributed by atoms with Gasteiger partial charge in [0.15, 0.2) is 17.4 Å². The van der Waals surface area contributed by atoms with Crippen LogP contribution in [0.2, 0.25) is 0 Å². The van der Waals surface area contributed by atoms with Crippen LogP contribution in [-0.2, 0) is 36.7 Å². The lowest BCUT2D eigenvalue weighted by atomic mass is 10.0. The van der Waals surface area contributed by atoms with E-state index in [1.807, 2.05) is 0 Å². The zero-order valence-electron chi connectivity index (χ0n) is 22.4. The third-order valence-corrected chi connectivity index (χ3v) is 9.36. The average Bonchev–Trinajstić information content (AvgIpc) is 3.72. The Morgan fingerprint density at radius 2 is 1.69 bits per heavy atom. The van der Waals surface area contributed by atoms with Crippen LogP contribution in [0.15, 0.2) is 23.5 Å². The molecule has 0 radical (unpaired) electrons. The molecule has 3 aliphatic rings. The molecule has 0 amide bonds. The number of nitrogen functional groups attached to an aromatic ring is 2. The van der Waals surface area contributed by atoms with E-state index >= 15 is 0 Å². The molecule has 7 rings (SSSR count). The van der Waals surface area contributed by atoms with E-state index in [1.165, 1.54) is 16.9 Å². The summed E-state index contributed by atoms with van der Waals surface area (Å²) < 4.78 is 61.1. The first-order valence-electron chi connectivity index (χ1n) is 13.0. The largest absolute Gasteiger partial charge is 0.472 e. The summed E-state index contributed by atoms with van der Waals surface area (Å²) in [6.45, 7) is -1.64. The number of aliphatic hydroxyl groups is 2. The van der Waals surface area contributed by atoms with Gasteiger partial charge in [0.25, 0.3) is 5.56 Å². The molecule has 2 bridgehead atoms. The van der Waals surface area contributed by atoms with Crippen LogP contribution >= 0.6 is 15.6 Å². The van der Waals surface area contributed by atoms with E-state index in [1.54, 1.807) is 0 Å². The number of hydrogen-bond acceptors (Lipinski definition) is 18. The van der Waals surface area contributed by atoms with Gasteiger partial charge in [-0.3, -0.25) is 32.4 Å². The van der Waals surface area contributed by atoms with Crippen molar-refractivity contribution in [3.8, 4) is 0 Å². The number of rotatable bonds is 2. The molecule has 0 saturated carbocycles. The molecule has 9 N–H and O–H groups in total. The van der Waals surface area contributed by atoms with Crippen LogP contribution in [-0.4, -0.2) is 109 Å². The van der Waals surface area contributed by atoms with Gasteiger partial charge in [0, 0.05) is 5.56 Å². The van der Waals surface area contributed by atoms with Gasteiger partial charge in [-0.1, -0.05) is 0 Å². The van der Waals surface area contributed by atoms with Crippen molar-refractivity contribution in [1.29, 1.82) is 0 Å². The van der Waals surface area contributed by atoms with E-state index < -0.39 is 83.4 Å². The van der Waals surface area contributed by atoms with Gasteiger partial charge >= 0.3 is 15.6 Å². The first-order valence-corrected chi connectivity index (χ1v) is 16.0. The second-order valence-corrected chi connectivity index (χ2v) is 13.0. The van der Waals surface area contributed by atoms with Crippen LogP contribution < -0.4 is 17.0 Å². The molecule has 25 heteroatoms. The number of phosphoric ester groups is 2. The highest BCUT2D eigenvalue weighted by Gasteiger charge is 2.54. The van der Waals surface area contributed by atoms with E-state index in [9.17, 15) is 33.9 Å². The number of H-pyrrole nitrogens is 1. The highest BCUT2D eigenvalue weighted by molar-refractivity contribution is 7.47. The topological polar surface area (TPSA) is 329 Å². The maximum absolute atomic E-state index is 13.2. The fourth-order valence-corrected chi connectivity index (χ4v) is 7.27. The van der Waals surface area contributed by atoms with Crippen LogP contribution in [0.25, 0.3) is 16.7 Å². The summed E-state index contributed by atoms with van der Waals surface area (Å²) in [4.78, 5) is 43.8. The van der Waals surface area contributed by atoms with E-state index in [4.69, 9.17) is 39.0 Å². The van der Waals surface area contributed by atoms with E-state index in [-0.39, 0.29) is 34.1 Å². The summed E-state index contributed by atoms with van der Waals surface area (Å²) in [6, 6.07) is 0. The van der Waals surface area contributed by atoms with Crippen LogP contribution in [0.5, 0.6) is 0 Å². The first kappa shape index (κ1) is 30.2. The number of anilines is 2. The second-order valence-electron chi connectivity index (χ2n) is 10.2. The number of nitrogens with zero attached hydrogens (tertiary/aromatic N) is 7. The van der Waals surface area contributed by atoms with Gasteiger partial charge in [0.1, 0.15) is 42.7 Å². The minimum Gasteiger partial charge on any atom is -0.387 e. The second kappa shape index (κ2) is 10.8. The zero-order chi connectivity index (χ0) is 31.8. The SMILES string of the molecule is Nc1nc2c(ncn2[C@@H]2O[C@@H]3COP(=O)(O)O[C@H]4[C@@H](O)[C@H](c5cnn6c(N)nncc56)O[C@@H]4COP(=O)(O)O[C@@H]2[C@@H]3O)c(=O)[nH]1. The van der Waals surface area contributed by atoms with Crippen molar-refractivity contribution in [2.45, 2.75) is 49.0 Å². The van der Waals surface area contributed by atoms with Gasteiger partial charge in [-0.25, -0.2) is 14.1 Å². The molecule has 242 valence electrons. The smallest absolute Gasteiger partial charge is 0.387 e. The summed E-state index contributed by atoms with van der Waals surface area (Å²) in [7, 11) is -10.2. The van der Waals surface area contributed by atoms with Crippen molar-refractivity contribution >= 4 is 44.2 Å². The number of aromatic nitrogens is 8. The number of aliphatic hydroxyl groups excluding tert-OH is 2. The molecule has 0 aromatic carbocycles. The lowest BCUT2D eigenvalue weighted by molar-refractivity contribution is -0.0636. The number of phosphoric acid groups is 2. The molecule has 4 aromatic rings. The highest BCUT2D eigenvalue weighted by Crippen LogP contribution is 2.54. The average molecular weight is 674 g/mol. The minimum absolute atomic E-state index is 0.0768. The summed E-state index contributed by atoms with van der Waals surface area (Å²) >= 11 is 0. The summed E-state index contributed by atoms with van der Waals surface area (Å²) in [5, 5.41) is 33.6. The monoisotopic (exact) mass is 674 g/mol. The lowest BCUT2D eigenvalue weighted by Crippen LogP contribution is -2.35. The number of fused-ring (bicyclic) bond motifs is 5. The molecule has 3 fully saturated rings. The van der Waals surface area contributed by atoms with Crippen molar-refractivity contribution < 1.29 is 56.7 Å². The van der Waals surface area contributed by atoms with Crippen LogP contribution in [0.3, 0.4) is 0 Å². The van der Waals surface area contributed by atoms with Crippen LogP contribution in [0, 0.1) is 0 Å². The minimum atomic E-state index is -5.11. The third-order valence-electron chi connectivity index (χ3n) is 7.39. The number of hydrogen-bond donors (Lipinski definition) is 7. The molecule has 10 atom stereocenters. The molecular formula is C20H24N10O13P2. The quantitative estimate of drug-likeness (QED) is 0.108. The number of nitrogens with two attached hydrogens (primary N) is 2. The van der Waals surface area contributed by atoms with Gasteiger partial charge in [-0.15, -0.1) is 5.10 Å². The normalized spacial score (nSPS) is 37.7. The first-order chi connectivity index (χ1) is 21.3. The Hall–Kier alpha value is -3.44. The summed E-state index contributed by atoms with van der Waals surface area (Å²) in [5.74, 6) is -0.360. The van der Waals surface area contributed by atoms with Crippen LogP contribution in [0.1, 0.15) is 17.9 Å². The maximum atomic E-state index is 13.2. The van der Waals surface area contributed by atoms with Gasteiger partial charge in [0.2, 0.25) is 11.9 Å². The predicted octanol–water partition coefficient (Wildman–Crippen LogP) is -2.50. The molecule has 23 nitrogen and oxygen atoms in total. The Morgan fingerprint density at radius 1 is 0.978 bits per heavy atom. The van der Waals surface area contributed by atoms with Gasteiger partial charge in [-0.2, -0.15) is 19.7 Å². The van der Waals surface area contributed by atoms with Crippen molar-refractivity contribution in [2.24, 2.45) is 0 Å². The van der Waals surface area contributed by atoms with E-state index in [0.29, 0.717) is 0 Å². The Kier molecular flexibility index (Phi) is 7.27. The fourth-order valence-electron chi connectivity index (χ4n) is 5.37. The summed E-state index contributed by atoms with van der Waals surface area (Å²) in [6.07, 6.45) is -8.83. The Bertz CT molecular complexity index is 1940. The van der Waals surface area contributed by atoms with Crippen molar-refractivity contribution in [3.63, 3.8) is 0 Å². The fraction of sp³-hybridized carbons (Fsp3) is 0.500. The Balaban J connectivity index is 1.21. The third kappa shape index (κ3) is 5.31. The molecule has 3 aliphatic heterocycles. The van der Waals surface area contributed by atoms with Crippen LogP contribution in [0.4, 0.5) is 11.9 Å². The van der Waals surface area contributed by atoms with Crippen molar-refractivity contribution in [1.82, 2.24) is 39.3 Å². The molecular weight excluding hydrogens is 650 g/mol.